The molecule has 12 N–H and O–H groups in total. The van der Waals surface area contributed by atoms with Crippen LogP contribution in [0.3, 0.4) is 0 Å². The number of nitrogens with one attached hydrogen (secondary N) is 6. The van der Waals surface area contributed by atoms with E-state index < -0.39 is 11.4 Å². The third-order valence-electron chi connectivity index (χ3n) is 11.4. The number of carbonyl (C=O) groups is 3. The fraction of sp³-hybridized carbons (Fsp3) is 0.510. The molecule has 384 valence electrons. The summed E-state index contributed by atoms with van der Waals surface area (Å²) in [6.07, 6.45) is 14.6. The monoisotopic (exact) mass is 981 g/mol. The molecule has 0 aromatic carbocycles. The van der Waals surface area contributed by atoms with Gasteiger partial charge in [0.25, 0.3) is 0 Å². The highest BCUT2D eigenvalue weighted by molar-refractivity contribution is 5.88. The third kappa shape index (κ3) is 18.1. The summed E-state index contributed by atoms with van der Waals surface area (Å²) in [6, 6.07) is 8.60. The maximum atomic E-state index is 13.4. The van der Waals surface area contributed by atoms with Gasteiger partial charge in [-0.3, -0.25) is 24.4 Å². The summed E-state index contributed by atoms with van der Waals surface area (Å²) in [6.45, 7) is 18.5. The number of hydrogen-bond donors (Lipinski definition) is 9. The molecule has 0 radical (unpaired) electrons. The van der Waals surface area contributed by atoms with Crippen molar-refractivity contribution in [3.63, 3.8) is 0 Å². The average molecular weight is 981 g/mol. The van der Waals surface area contributed by atoms with Crippen LogP contribution in [-0.4, -0.2) is 98.8 Å². The van der Waals surface area contributed by atoms with Crippen LogP contribution in [0.2, 0.25) is 0 Å². The van der Waals surface area contributed by atoms with Gasteiger partial charge >= 0.3 is 0 Å². The van der Waals surface area contributed by atoms with Crippen LogP contribution in [0.4, 0.5) is 39.7 Å². The molecule has 0 saturated carbocycles. The zero-order valence-electron chi connectivity index (χ0n) is 42.7. The summed E-state index contributed by atoms with van der Waals surface area (Å²) in [5.74, 6) is 1.36. The second kappa shape index (κ2) is 26.6. The molecule has 6 rings (SSSR count). The molecule has 22 heteroatoms. The first-order valence-electron chi connectivity index (χ1n) is 24.1. The quantitative estimate of drug-likeness (QED) is 0.0314. The average Bonchev–Trinajstić information content (AvgIpc) is 3.31. The molecule has 0 spiro atoms. The SMILES string of the molecule is CCCCC[C@@](C)(CNC(C)=O)Nc1nc(N)nc2cccnc12.CCCC[C@@](C)(CNC(C)=O)Nc1nc(N)nc2cc(F)cnc12.CCCC[C@@](C)(CNC(C)=O)Nc1nc(N)nc2cccnc12. The predicted octanol–water partition coefficient (Wildman–Crippen LogP) is 6.84. The van der Waals surface area contributed by atoms with Gasteiger partial charge in [-0.2, -0.15) is 15.0 Å². The lowest BCUT2D eigenvalue weighted by molar-refractivity contribution is -0.120. The molecule has 6 aromatic heterocycles. The molecular formula is C49H73FN18O3. The second-order valence-corrected chi connectivity index (χ2v) is 18.5. The summed E-state index contributed by atoms with van der Waals surface area (Å²) in [4.78, 5) is 72.0. The number of anilines is 6. The molecule has 0 aliphatic rings. The van der Waals surface area contributed by atoms with Crippen molar-refractivity contribution in [2.75, 3.05) is 52.8 Å². The van der Waals surface area contributed by atoms with Gasteiger partial charge in [0, 0.05) is 58.9 Å². The van der Waals surface area contributed by atoms with Crippen LogP contribution in [0.5, 0.6) is 0 Å². The van der Waals surface area contributed by atoms with Crippen LogP contribution in [0.15, 0.2) is 48.9 Å². The van der Waals surface area contributed by atoms with E-state index in [4.69, 9.17) is 17.2 Å². The number of fused-ring (bicyclic) bond motifs is 3. The van der Waals surface area contributed by atoms with Crippen LogP contribution >= 0.6 is 0 Å². The number of carbonyl (C=O) groups excluding carboxylic acids is 3. The van der Waals surface area contributed by atoms with Gasteiger partial charge in [0.05, 0.1) is 39.4 Å². The highest BCUT2D eigenvalue weighted by Gasteiger charge is 2.29. The lowest BCUT2D eigenvalue weighted by Crippen LogP contribution is -2.46. The molecular weight excluding hydrogens is 908 g/mol. The van der Waals surface area contributed by atoms with E-state index in [1.807, 2.05) is 31.2 Å². The van der Waals surface area contributed by atoms with E-state index >= 15 is 0 Å². The summed E-state index contributed by atoms with van der Waals surface area (Å²) in [5.41, 5.74) is 19.8. The van der Waals surface area contributed by atoms with Crippen LogP contribution in [-0.2, 0) is 14.4 Å². The van der Waals surface area contributed by atoms with Crippen molar-refractivity contribution in [2.45, 2.75) is 143 Å². The molecule has 6 aromatic rings. The van der Waals surface area contributed by atoms with E-state index in [9.17, 15) is 18.8 Å². The number of aromatic nitrogens is 9. The van der Waals surface area contributed by atoms with Crippen LogP contribution in [0.1, 0.15) is 127 Å². The number of nitrogens with zero attached hydrogens (tertiary/aromatic N) is 9. The Morgan fingerprint density at radius 3 is 1.24 bits per heavy atom. The maximum absolute atomic E-state index is 13.4. The van der Waals surface area contributed by atoms with Crippen LogP contribution in [0, 0.1) is 5.82 Å². The molecule has 3 atom stereocenters. The summed E-state index contributed by atoms with van der Waals surface area (Å²) < 4.78 is 13.4. The molecule has 0 aliphatic carbocycles. The molecule has 0 saturated heterocycles. The summed E-state index contributed by atoms with van der Waals surface area (Å²) in [7, 11) is 0. The van der Waals surface area contributed by atoms with Gasteiger partial charge in [-0.05, 0) is 64.3 Å². The van der Waals surface area contributed by atoms with E-state index in [1.165, 1.54) is 26.8 Å². The first-order valence-corrected chi connectivity index (χ1v) is 24.1. The number of unbranched alkanes of at least 4 members (excludes halogenated alkanes) is 4. The molecule has 21 nitrogen and oxygen atoms in total. The second-order valence-electron chi connectivity index (χ2n) is 18.5. The summed E-state index contributed by atoms with van der Waals surface area (Å²) >= 11 is 0. The standard InChI is InChI=1S/C17H26N6O.C16H23FN6O.C16H24N6O/c1-4-5-6-9-17(3,11-20-12(2)24)23-15-14-13(8-7-10-19-14)21-16(18)22-15;1-4-5-6-16(3,9-20-10(2)24)23-14-13-12(21-15(18)22-14)7-11(17)8-19-13;1-4-5-8-16(3,10-19-11(2)23)22-14-13-12(7-6-9-18-13)20-15(17)21-14/h7-8,10H,4-6,9,11H2,1-3H3,(H,20,24)(H3,18,21,22,23);7-8H,4-6,9H2,1-3H3,(H,20,24)(H3,18,21,22,23);6-7,9H,4-5,8,10H2,1-3H3,(H,19,23)(H3,17,20,21,22)/t17-;2*16-/m000/s1. The van der Waals surface area contributed by atoms with Crippen molar-refractivity contribution in [1.29, 1.82) is 0 Å². The van der Waals surface area contributed by atoms with Gasteiger partial charge in [-0.1, -0.05) is 65.7 Å². The Kier molecular flexibility index (Phi) is 21.0. The highest BCUT2D eigenvalue weighted by atomic mass is 19.1. The van der Waals surface area contributed by atoms with Crippen molar-refractivity contribution in [3.05, 3.63) is 54.7 Å². The fourth-order valence-electron chi connectivity index (χ4n) is 7.54. The number of pyridine rings is 3. The number of nitrogens with two attached hydrogens (primary N) is 3. The van der Waals surface area contributed by atoms with E-state index in [-0.39, 0.29) is 46.6 Å². The molecule has 6 heterocycles. The Balaban J connectivity index is 0.000000231. The Hall–Kier alpha value is -7.39. The molecule has 0 fully saturated rings. The fourth-order valence-corrected chi connectivity index (χ4v) is 7.54. The van der Waals surface area contributed by atoms with Crippen molar-refractivity contribution >= 4 is 86.1 Å². The topological polar surface area (TPSA) is 317 Å². The van der Waals surface area contributed by atoms with Crippen molar-refractivity contribution in [3.8, 4) is 0 Å². The largest absolute Gasteiger partial charge is 0.368 e. The van der Waals surface area contributed by atoms with Crippen LogP contribution in [0.25, 0.3) is 33.1 Å². The van der Waals surface area contributed by atoms with Crippen molar-refractivity contribution in [2.24, 2.45) is 0 Å². The summed E-state index contributed by atoms with van der Waals surface area (Å²) in [5, 5.41) is 18.8. The van der Waals surface area contributed by atoms with E-state index in [2.05, 4.69) is 111 Å². The van der Waals surface area contributed by atoms with Crippen molar-refractivity contribution in [1.82, 2.24) is 60.8 Å². The number of halogens is 1. The maximum Gasteiger partial charge on any atom is 0.222 e. The zero-order valence-corrected chi connectivity index (χ0v) is 42.7. The molecule has 0 unspecified atom stereocenters. The van der Waals surface area contributed by atoms with Gasteiger partial charge in [-0.25, -0.2) is 24.3 Å². The van der Waals surface area contributed by atoms with E-state index in [1.54, 1.807) is 12.4 Å². The van der Waals surface area contributed by atoms with Gasteiger partial charge < -0.3 is 49.1 Å². The minimum atomic E-state index is -0.487. The lowest BCUT2D eigenvalue weighted by Gasteiger charge is -2.32. The number of hydrogen-bond acceptors (Lipinski definition) is 18. The van der Waals surface area contributed by atoms with E-state index in [0.29, 0.717) is 70.2 Å². The molecule has 0 aliphatic heterocycles. The van der Waals surface area contributed by atoms with E-state index in [0.717, 1.165) is 70.4 Å². The molecule has 71 heavy (non-hydrogen) atoms. The highest BCUT2D eigenvalue weighted by Crippen LogP contribution is 2.28. The van der Waals surface area contributed by atoms with Gasteiger partial charge in [0.15, 0.2) is 17.5 Å². The minimum Gasteiger partial charge on any atom is -0.368 e. The normalized spacial score (nSPS) is 13.5. The number of rotatable bonds is 22. The van der Waals surface area contributed by atoms with Crippen molar-refractivity contribution < 1.29 is 18.8 Å². The lowest BCUT2D eigenvalue weighted by atomic mass is 9.94. The Labute approximate surface area is 415 Å². The number of amides is 3. The molecule has 0 bridgehead atoms. The first kappa shape index (κ1) is 56.2. The first-order chi connectivity index (χ1) is 33.7. The Bertz CT molecular complexity index is 2710. The minimum absolute atomic E-state index is 0.0368. The smallest absolute Gasteiger partial charge is 0.222 e. The van der Waals surface area contributed by atoms with Gasteiger partial charge in [0.2, 0.25) is 35.6 Å². The van der Waals surface area contributed by atoms with Crippen LogP contribution < -0.4 is 49.1 Å². The number of nitrogen functional groups attached to an aromatic ring is 3. The van der Waals surface area contributed by atoms with Gasteiger partial charge in [0.1, 0.15) is 22.4 Å². The Morgan fingerprint density at radius 2 is 0.873 bits per heavy atom. The zero-order chi connectivity index (χ0) is 52.2. The van der Waals surface area contributed by atoms with Gasteiger partial charge in [-0.15, -0.1) is 0 Å². The molecule has 3 amide bonds. The third-order valence-corrected chi connectivity index (χ3v) is 11.4. The Morgan fingerprint density at radius 1 is 0.521 bits per heavy atom. The predicted molar refractivity (Wildman–Crippen MR) is 281 cm³/mol.